The molecule has 1 N–H and O–H groups in total. The monoisotopic (exact) mass is 283 g/mol. The Bertz CT molecular complexity index is 405. The molecule has 4 heteroatoms. The lowest BCUT2D eigenvalue weighted by Crippen LogP contribution is -2.28. The molecular weight excluding hydrogens is 261 g/mol. The van der Waals surface area contributed by atoms with Crippen molar-refractivity contribution in [1.29, 1.82) is 0 Å². The van der Waals surface area contributed by atoms with E-state index in [9.17, 15) is 9.50 Å². The van der Waals surface area contributed by atoms with Gasteiger partial charge in [-0.2, -0.15) is 11.8 Å². The number of aliphatic hydroxyl groups excluding tert-OH is 1. The summed E-state index contributed by atoms with van der Waals surface area (Å²) in [6.45, 7) is 4.83. The molecule has 0 aromatic heterocycles. The molecule has 0 spiro atoms. The third-order valence-electron chi connectivity index (χ3n) is 3.61. The van der Waals surface area contributed by atoms with Gasteiger partial charge in [-0.1, -0.05) is 12.1 Å². The summed E-state index contributed by atoms with van der Waals surface area (Å²) in [4.78, 5) is 2.40. The van der Waals surface area contributed by atoms with Crippen molar-refractivity contribution in [3.05, 3.63) is 35.1 Å². The summed E-state index contributed by atoms with van der Waals surface area (Å²) in [6.07, 6.45) is 1.33. The first-order chi connectivity index (χ1) is 9.16. The summed E-state index contributed by atoms with van der Waals surface area (Å²) in [5.41, 5.74) is 1.31. The molecule has 1 aromatic rings. The van der Waals surface area contributed by atoms with Gasteiger partial charge in [-0.15, -0.1) is 0 Å². The highest BCUT2D eigenvalue weighted by molar-refractivity contribution is 7.99. The van der Waals surface area contributed by atoms with Gasteiger partial charge in [-0.3, -0.25) is 0 Å². The third kappa shape index (κ3) is 4.48. The minimum atomic E-state index is -0.564. The zero-order valence-electron chi connectivity index (χ0n) is 11.4. The molecule has 106 valence electrons. The summed E-state index contributed by atoms with van der Waals surface area (Å²) in [6, 6.07) is 5.01. The highest BCUT2D eigenvalue weighted by Gasteiger charge is 2.13. The predicted octanol–water partition coefficient (Wildman–Crippen LogP) is 3.00. The van der Waals surface area contributed by atoms with E-state index in [0.29, 0.717) is 17.5 Å². The molecule has 1 saturated heterocycles. The number of aliphatic hydroxyl groups is 1. The molecule has 1 aromatic carbocycles. The fourth-order valence-corrected chi connectivity index (χ4v) is 3.23. The maximum absolute atomic E-state index is 13.5. The van der Waals surface area contributed by atoms with Crippen LogP contribution >= 0.6 is 11.8 Å². The van der Waals surface area contributed by atoms with Crippen LogP contribution in [-0.2, 0) is 0 Å². The van der Waals surface area contributed by atoms with Crippen LogP contribution in [0.1, 0.15) is 30.1 Å². The SMILES string of the molecule is Cc1ccc(C(O)CCN2CCCSCC2)cc1F. The van der Waals surface area contributed by atoms with Crippen molar-refractivity contribution in [3.63, 3.8) is 0 Å². The number of hydrogen-bond donors (Lipinski definition) is 1. The predicted molar refractivity (Wildman–Crippen MR) is 79.1 cm³/mol. The highest BCUT2D eigenvalue weighted by atomic mass is 32.2. The lowest BCUT2D eigenvalue weighted by atomic mass is 10.0. The van der Waals surface area contributed by atoms with Crippen LogP contribution in [0.3, 0.4) is 0 Å². The fourth-order valence-electron chi connectivity index (χ4n) is 2.31. The maximum Gasteiger partial charge on any atom is 0.126 e. The van der Waals surface area contributed by atoms with E-state index in [1.54, 1.807) is 13.0 Å². The van der Waals surface area contributed by atoms with Crippen molar-refractivity contribution in [2.24, 2.45) is 0 Å². The van der Waals surface area contributed by atoms with Gasteiger partial charge in [0.1, 0.15) is 5.82 Å². The molecular formula is C15H22FNOS. The van der Waals surface area contributed by atoms with Gasteiger partial charge in [-0.05, 0) is 49.3 Å². The molecule has 1 unspecified atom stereocenters. The standard InChI is InChI=1S/C15H22FNOS/c1-12-3-4-13(11-14(12)16)15(18)5-7-17-6-2-9-19-10-8-17/h3-4,11,15,18H,2,5-10H2,1H3. The molecule has 1 heterocycles. The van der Waals surface area contributed by atoms with E-state index in [0.717, 1.165) is 19.6 Å². The van der Waals surface area contributed by atoms with Crippen LogP contribution in [0.5, 0.6) is 0 Å². The summed E-state index contributed by atoms with van der Waals surface area (Å²) in [5.74, 6) is 2.18. The number of halogens is 1. The van der Waals surface area contributed by atoms with Crippen molar-refractivity contribution in [3.8, 4) is 0 Å². The molecule has 1 aliphatic rings. The van der Waals surface area contributed by atoms with Crippen LogP contribution in [0.2, 0.25) is 0 Å². The Morgan fingerprint density at radius 1 is 1.37 bits per heavy atom. The molecule has 2 nitrogen and oxygen atoms in total. The van der Waals surface area contributed by atoms with Gasteiger partial charge in [0.2, 0.25) is 0 Å². The molecule has 2 rings (SSSR count). The minimum Gasteiger partial charge on any atom is -0.388 e. The fraction of sp³-hybridized carbons (Fsp3) is 0.600. The van der Waals surface area contributed by atoms with Crippen molar-refractivity contribution in [2.75, 3.05) is 31.1 Å². The normalized spacial score (nSPS) is 19.1. The highest BCUT2D eigenvalue weighted by Crippen LogP contribution is 2.20. The molecule has 19 heavy (non-hydrogen) atoms. The number of aryl methyl sites for hydroxylation is 1. The molecule has 0 bridgehead atoms. The average molecular weight is 283 g/mol. The van der Waals surface area contributed by atoms with Crippen molar-refractivity contribution >= 4 is 11.8 Å². The minimum absolute atomic E-state index is 0.234. The van der Waals surface area contributed by atoms with Gasteiger partial charge in [0.05, 0.1) is 6.10 Å². The number of hydrogen-bond acceptors (Lipinski definition) is 3. The molecule has 1 aliphatic heterocycles. The van der Waals surface area contributed by atoms with E-state index < -0.39 is 6.10 Å². The Balaban J connectivity index is 1.85. The average Bonchev–Trinajstić information content (AvgIpc) is 2.67. The first-order valence-electron chi connectivity index (χ1n) is 6.91. The van der Waals surface area contributed by atoms with Crippen LogP contribution in [0.15, 0.2) is 18.2 Å². The van der Waals surface area contributed by atoms with E-state index in [-0.39, 0.29) is 5.82 Å². The summed E-state index contributed by atoms with van der Waals surface area (Å²) in [5, 5.41) is 10.1. The number of rotatable bonds is 4. The number of thioether (sulfide) groups is 1. The second-order valence-corrected chi connectivity index (χ2v) is 6.35. The second kappa shape index (κ2) is 7.27. The third-order valence-corrected chi connectivity index (χ3v) is 4.66. The summed E-state index contributed by atoms with van der Waals surface area (Å²) in [7, 11) is 0. The second-order valence-electron chi connectivity index (χ2n) is 5.12. The molecule has 0 radical (unpaired) electrons. The summed E-state index contributed by atoms with van der Waals surface area (Å²) >= 11 is 2.00. The van der Waals surface area contributed by atoms with Crippen LogP contribution in [0.25, 0.3) is 0 Å². The van der Waals surface area contributed by atoms with Gasteiger partial charge in [0.25, 0.3) is 0 Å². The Morgan fingerprint density at radius 2 is 2.21 bits per heavy atom. The number of nitrogens with zero attached hydrogens (tertiary/aromatic N) is 1. The Morgan fingerprint density at radius 3 is 3.00 bits per heavy atom. The topological polar surface area (TPSA) is 23.5 Å². The quantitative estimate of drug-likeness (QED) is 0.919. The lowest BCUT2D eigenvalue weighted by molar-refractivity contribution is 0.144. The smallest absolute Gasteiger partial charge is 0.126 e. The molecule has 0 saturated carbocycles. The Kier molecular flexibility index (Phi) is 5.67. The van der Waals surface area contributed by atoms with Crippen LogP contribution in [0, 0.1) is 12.7 Å². The Hall–Kier alpha value is -0.580. The number of benzene rings is 1. The van der Waals surface area contributed by atoms with Crippen molar-refractivity contribution < 1.29 is 9.50 Å². The lowest BCUT2D eigenvalue weighted by Gasteiger charge is -2.21. The van der Waals surface area contributed by atoms with Gasteiger partial charge in [0, 0.05) is 18.8 Å². The zero-order valence-corrected chi connectivity index (χ0v) is 12.3. The summed E-state index contributed by atoms with van der Waals surface area (Å²) < 4.78 is 13.5. The van der Waals surface area contributed by atoms with E-state index in [2.05, 4.69) is 4.90 Å². The largest absolute Gasteiger partial charge is 0.388 e. The van der Waals surface area contributed by atoms with Gasteiger partial charge < -0.3 is 10.0 Å². The first-order valence-corrected chi connectivity index (χ1v) is 8.06. The van der Waals surface area contributed by atoms with Gasteiger partial charge in [0.15, 0.2) is 0 Å². The molecule has 0 aliphatic carbocycles. The zero-order chi connectivity index (χ0) is 13.7. The first kappa shape index (κ1) is 14.8. The van der Waals surface area contributed by atoms with Crippen LogP contribution in [-0.4, -0.2) is 41.1 Å². The molecule has 0 amide bonds. The van der Waals surface area contributed by atoms with E-state index >= 15 is 0 Å². The van der Waals surface area contributed by atoms with Crippen LogP contribution < -0.4 is 0 Å². The Labute approximate surface area is 119 Å². The van der Waals surface area contributed by atoms with Gasteiger partial charge >= 0.3 is 0 Å². The van der Waals surface area contributed by atoms with Crippen molar-refractivity contribution in [1.82, 2.24) is 4.90 Å². The van der Waals surface area contributed by atoms with Gasteiger partial charge in [-0.25, -0.2) is 4.39 Å². The maximum atomic E-state index is 13.5. The van der Waals surface area contributed by atoms with Crippen LogP contribution in [0.4, 0.5) is 4.39 Å². The van der Waals surface area contributed by atoms with E-state index in [1.807, 2.05) is 17.8 Å². The van der Waals surface area contributed by atoms with Crippen molar-refractivity contribution in [2.45, 2.75) is 25.9 Å². The van der Waals surface area contributed by atoms with E-state index in [1.165, 1.54) is 24.0 Å². The molecule has 1 fully saturated rings. The molecule has 1 atom stereocenters. The van der Waals surface area contributed by atoms with E-state index in [4.69, 9.17) is 0 Å².